The summed E-state index contributed by atoms with van der Waals surface area (Å²) in [5, 5.41) is 12.6. The summed E-state index contributed by atoms with van der Waals surface area (Å²) in [6, 6.07) is 15.3. The summed E-state index contributed by atoms with van der Waals surface area (Å²) in [6.45, 7) is 1.30. The largest absolute Gasteiger partial charge is 0.358 e. The minimum absolute atomic E-state index is 0.543. The number of hydrogen-bond acceptors (Lipinski definition) is 2. The van der Waals surface area contributed by atoms with Crippen molar-refractivity contribution >= 4 is 46.2 Å². The van der Waals surface area contributed by atoms with Gasteiger partial charge in [0.2, 0.25) is 0 Å². The molecule has 0 spiro atoms. The van der Waals surface area contributed by atoms with Crippen molar-refractivity contribution in [3.8, 4) is 0 Å². The van der Waals surface area contributed by atoms with Crippen molar-refractivity contribution in [1.82, 2.24) is 15.1 Å². The van der Waals surface area contributed by atoms with E-state index in [0.717, 1.165) is 26.9 Å². The van der Waals surface area contributed by atoms with Gasteiger partial charge in [-0.1, -0.05) is 47.5 Å². The number of aromatic nitrogens is 2. The Labute approximate surface area is 161 Å². The third kappa shape index (κ3) is 5.46. The van der Waals surface area contributed by atoms with Crippen LogP contribution in [0.25, 0.3) is 0 Å². The first kappa shape index (κ1) is 17.7. The van der Waals surface area contributed by atoms with Crippen molar-refractivity contribution in [2.45, 2.75) is 13.1 Å². The molecule has 3 rings (SSSR count). The Morgan fingerprint density at radius 1 is 0.960 bits per heavy atom. The van der Waals surface area contributed by atoms with Crippen molar-refractivity contribution in [2.75, 3.05) is 5.32 Å². The summed E-state index contributed by atoms with van der Waals surface area (Å²) in [5.41, 5.74) is 3.07. The van der Waals surface area contributed by atoms with E-state index in [1.807, 2.05) is 59.4 Å². The van der Waals surface area contributed by atoms with Gasteiger partial charge in [-0.2, -0.15) is 5.10 Å². The molecular formula is C18H16Cl2N4S. The average Bonchev–Trinajstić information content (AvgIpc) is 3.03. The molecule has 2 N–H and O–H groups in total. The van der Waals surface area contributed by atoms with Crippen LogP contribution in [0.1, 0.15) is 11.1 Å². The molecule has 1 aromatic heterocycles. The first-order valence-corrected chi connectivity index (χ1v) is 8.81. The minimum Gasteiger partial charge on any atom is -0.358 e. The quantitative estimate of drug-likeness (QED) is 0.618. The van der Waals surface area contributed by atoms with E-state index in [1.54, 1.807) is 6.20 Å². The third-order valence-corrected chi connectivity index (χ3v) is 4.27. The van der Waals surface area contributed by atoms with Crippen LogP contribution in [-0.4, -0.2) is 14.9 Å². The molecule has 0 amide bonds. The van der Waals surface area contributed by atoms with E-state index in [9.17, 15) is 0 Å². The van der Waals surface area contributed by atoms with Gasteiger partial charge in [0, 0.05) is 22.8 Å². The molecule has 0 saturated heterocycles. The zero-order valence-electron chi connectivity index (χ0n) is 13.2. The van der Waals surface area contributed by atoms with Gasteiger partial charge >= 0.3 is 0 Å². The molecule has 0 fully saturated rings. The summed E-state index contributed by atoms with van der Waals surface area (Å²) in [5.74, 6) is 0. The Bertz CT molecular complexity index is 844. The Morgan fingerprint density at radius 3 is 2.20 bits per heavy atom. The summed E-state index contributed by atoms with van der Waals surface area (Å²) in [6.07, 6.45) is 3.65. The molecule has 0 bridgehead atoms. The molecule has 25 heavy (non-hydrogen) atoms. The number of hydrogen-bond donors (Lipinski definition) is 2. The van der Waals surface area contributed by atoms with Crippen molar-refractivity contribution in [3.63, 3.8) is 0 Å². The highest BCUT2D eigenvalue weighted by molar-refractivity contribution is 7.80. The van der Waals surface area contributed by atoms with Crippen LogP contribution in [0.5, 0.6) is 0 Å². The lowest BCUT2D eigenvalue weighted by Gasteiger charge is -2.09. The standard InChI is InChI=1S/C18H16Cl2N4S/c19-15-5-1-13(2-6-15)9-21-18(25)23-17-10-22-24(12-17)11-14-3-7-16(20)8-4-14/h1-8,10,12H,9,11H2,(H2,21,23,25). The topological polar surface area (TPSA) is 41.9 Å². The summed E-state index contributed by atoms with van der Waals surface area (Å²) >= 11 is 17.1. The van der Waals surface area contributed by atoms with Gasteiger partial charge in [0.05, 0.1) is 18.4 Å². The first-order valence-electron chi connectivity index (χ1n) is 7.65. The SMILES string of the molecule is S=C(NCc1ccc(Cl)cc1)Nc1cnn(Cc2ccc(Cl)cc2)c1. The van der Waals surface area contributed by atoms with Crippen LogP contribution in [-0.2, 0) is 13.1 Å². The van der Waals surface area contributed by atoms with E-state index < -0.39 is 0 Å². The molecule has 4 nitrogen and oxygen atoms in total. The highest BCUT2D eigenvalue weighted by Crippen LogP contribution is 2.12. The lowest BCUT2D eigenvalue weighted by atomic mass is 10.2. The van der Waals surface area contributed by atoms with Gasteiger partial charge in [-0.05, 0) is 47.6 Å². The fraction of sp³-hybridized carbons (Fsp3) is 0.111. The van der Waals surface area contributed by atoms with Crippen LogP contribution >= 0.6 is 35.4 Å². The molecule has 1 heterocycles. The Kier molecular flexibility index (Phi) is 5.91. The highest BCUT2D eigenvalue weighted by atomic mass is 35.5. The number of nitrogens with one attached hydrogen (secondary N) is 2. The first-order chi connectivity index (χ1) is 12.1. The van der Waals surface area contributed by atoms with Gasteiger partial charge in [0.25, 0.3) is 0 Å². The van der Waals surface area contributed by atoms with E-state index in [2.05, 4.69) is 15.7 Å². The van der Waals surface area contributed by atoms with E-state index in [-0.39, 0.29) is 0 Å². The molecule has 0 atom stereocenters. The van der Waals surface area contributed by atoms with Gasteiger partial charge in [-0.25, -0.2) is 0 Å². The molecule has 0 radical (unpaired) electrons. The second kappa shape index (κ2) is 8.34. The molecule has 2 aromatic carbocycles. The Morgan fingerprint density at radius 2 is 1.56 bits per heavy atom. The number of thiocarbonyl (C=S) groups is 1. The second-order valence-corrected chi connectivity index (χ2v) is 6.77. The van der Waals surface area contributed by atoms with Crippen LogP contribution in [0.3, 0.4) is 0 Å². The molecule has 0 aliphatic carbocycles. The Hall–Kier alpha value is -2.08. The number of anilines is 1. The maximum atomic E-state index is 5.90. The number of nitrogens with zero attached hydrogens (tertiary/aromatic N) is 2. The van der Waals surface area contributed by atoms with Crippen molar-refractivity contribution in [2.24, 2.45) is 0 Å². The normalized spacial score (nSPS) is 10.5. The van der Waals surface area contributed by atoms with Crippen LogP contribution in [0, 0.1) is 0 Å². The van der Waals surface area contributed by atoms with Gasteiger partial charge < -0.3 is 10.6 Å². The van der Waals surface area contributed by atoms with E-state index >= 15 is 0 Å². The van der Waals surface area contributed by atoms with Crippen LogP contribution in [0.4, 0.5) is 5.69 Å². The van der Waals surface area contributed by atoms with Crippen LogP contribution < -0.4 is 10.6 Å². The molecule has 0 unspecified atom stereocenters. The zero-order chi connectivity index (χ0) is 17.6. The van der Waals surface area contributed by atoms with Crippen molar-refractivity contribution in [1.29, 1.82) is 0 Å². The number of halogens is 2. The maximum Gasteiger partial charge on any atom is 0.171 e. The molecule has 0 aliphatic heterocycles. The van der Waals surface area contributed by atoms with Crippen molar-refractivity contribution in [3.05, 3.63) is 82.1 Å². The lowest BCUT2D eigenvalue weighted by Crippen LogP contribution is -2.27. The number of rotatable bonds is 5. The zero-order valence-corrected chi connectivity index (χ0v) is 15.6. The van der Waals surface area contributed by atoms with Crippen molar-refractivity contribution < 1.29 is 0 Å². The lowest BCUT2D eigenvalue weighted by molar-refractivity contribution is 0.687. The molecule has 7 heteroatoms. The fourth-order valence-corrected chi connectivity index (χ4v) is 2.69. The molecule has 0 saturated carbocycles. The smallest absolute Gasteiger partial charge is 0.171 e. The van der Waals surface area contributed by atoms with E-state index in [1.165, 1.54) is 0 Å². The predicted octanol–water partition coefficient (Wildman–Crippen LogP) is 4.72. The summed E-state index contributed by atoms with van der Waals surface area (Å²) in [4.78, 5) is 0. The van der Waals surface area contributed by atoms with Crippen LogP contribution in [0.15, 0.2) is 60.9 Å². The predicted molar refractivity (Wildman–Crippen MR) is 107 cm³/mol. The molecular weight excluding hydrogens is 375 g/mol. The highest BCUT2D eigenvalue weighted by Gasteiger charge is 2.03. The van der Waals surface area contributed by atoms with Gasteiger partial charge in [-0.3, -0.25) is 4.68 Å². The maximum absolute atomic E-state index is 5.90. The van der Waals surface area contributed by atoms with Gasteiger partial charge in [-0.15, -0.1) is 0 Å². The minimum atomic E-state index is 0.543. The van der Waals surface area contributed by atoms with E-state index in [0.29, 0.717) is 18.2 Å². The second-order valence-electron chi connectivity index (χ2n) is 5.49. The molecule has 3 aromatic rings. The average molecular weight is 391 g/mol. The van der Waals surface area contributed by atoms with Crippen LogP contribution in [0.2, 0.25) is 10.0 Å². The molecule has 0 aliphatic rings. The monoisotopic (exact) mass is 390 g/mol. The third-order valence-electron chi connectivity index (χ3n) is 3.52. The number of benzene rings is 2. The fourth-order valence-electron chi connectivity index (χ4n) is 2.25. The Balaban J connectivity index is 1.51. The molecule has 128 valence electrons. The summed E-state index contributed by atoms with van der Waals surface area (Å²) in [7, 11) is 0. The van der Waals surface area contributed by atoms with E-state index in [4.69, 9.17) is 35.4 Å². The summed E-state index contributed by atoms with van der Waals surface area (Å²) < 4.78 is 1.84. The van der Waals surface area contributed by atoms with Gasteiger partial charge in [0.1, 0.15) is 0 Å². The van der Waals surface area contributed by atoms with Gasteiger partial charge in [0.15, 0.2) is 5.11 Å².